The summed E-state index contributed by atoms with van der Waals surface area (Å²) in [6.45, 7) is 5.72. The van der Waals surface area contributed by atoms with Crippen molar-refractivity contribution in [3.63, 3.8) is 0 Å². The molecule has 4 aromatic heterocycles. The van der Waals surface area contributed by atoms with E-state index in [9.17, 15) is 5.11 Å². The molecule has 0 radical (unpaired) electrons. The van der Waals surface area contributed by atoms with Crippen LogP contribution in [0.25, 0.3) is 28.1 Å². The topological polar surface area (TPSA) is 91.5 Å². The van der Waals surface area contributed by atoms with Crippen molar-refractivity contribution in [1.29, 1.82) is 0 Å². The van der Waals surface area contributed by atoms with Gasteiger partial charge < -0.3 is 19.7 Å². The summed E-state index contributed by atoms with van der Waals surface area (Å²) in [4.78, 5) is 20.6. The molecule has 5 rings (SSSR count). The minimum Gasteiger partial charge on any atom is -0.507 e. The predicted molar refractivity (Wildman–Crippen MR) is 112 cm³/mol. The van der Waals surface area contributed by atoms with E-state index < -0.39 is 0 Å². The largest absolute Gasteiger partial charge is 0.507 e. The second-order valence-corrected chi connectivity index (χ2v) is 7.62. The van der Waals surface area contributed by atoms with E-state index in [1.54, 1.807) is 6.20 Å². The maximum atomic E-state index is 10.7. The summed E-state index contributed by atoms with van der Waals surface area (Å²) in [6.07, 6.45) is 6.59. The molecule has 1 aliphatic heterocycles. The van der Waals surface area contributed by atoms with E-state index in [4.69, 9.17) is 4.98 Å². The highest BCUT2D eigenvalue weighted by molar-refractivity contribution is 5.79. The predicted octanol–water partition coefficient (Wildman–Crippen LogP) is 2.46. The molecule has 2 N–H and O–H groups in total. The van der Waals surface area contributed by atoms with Crippen molar-refractivity contribution >= 4 is 22.5 Å². The summed E-state index contributed by atoms with van der Waals surface area (Å²) < 4.78 is 1.90. The van der Waals surface area contributed by atoms with Crippen LogP contribution in [0.4, 0.5) is 5.82 Å². The van der Waals surface area contributed by atoms with E-state index in [-0.39, 0.29) is 5.75 Å². The number of hydrogen-bond donors (Lipinski definition) is 2. The molecule has 0 saturated carbocycles. The van der Waals surface area contributed by atoms with Crippen LogP contribution in [0.2, 0.25) is 0 Å². The van der Waals surface area contributed by atoms with Gasteiger partial charge in [0.15, 0.2) is 5.82 Å². The van der Waals surface area contributed by atoms with Crippen LogP contribution in [0.15, 0.2) is 30.7 Å². The van der Waals surface area contributed by atoms with Crippen LogP contribution in [0.5, 0.6) is 5.75 Å². The Hall–Kier alpha value is -3.26. The molecule has 0 aromatic carbocycles. The molecule has 1 saturated heterocycles. The summed E-state index contributed by atoms with van der Waals surface area (Å²) >= 11 is 0. The molecule has 1 atom stereocenters. The quantitative estimate of drug-likeness (QED) is 0.556. The summed E-state index contributed by atoms with van der Waals surface area (Å²) in [7, 11) is 2.00. The Morgan fingerprint density at radius 1 is 1.10 bits per heavy atom. The molecular formula is C21H23N7O. The van der Waals surface area contributed by atoms with Crippen LogP contribution in [0.1, 0.15) is 17.7 Å². The number of fused-ring (bicyclic) bond motifs is 2. The lowest BCUT2D eigenvalue weighted by atomic mass is 10.1. The third-order valence-electron chi connectivity index (χ3n) is 5.65. The van der Waals surface area contributed by atoms with Gasteiger partial charge in [0, 0.05) is 37.1 Å². The minimum atomic E-state index is 0.155. The average molecular weight is 389 g/mol. The maximum absolute atomic E-state index is 10.7. The second kappa shape index (κ2) is 6.66. The van der Waals surface area contributed by atoms with Gasteiger partial charge in [-0.2, -0.15) is 0 Å². The molecule has 1 aliphatic rings. The van der Waals surface area contributed by atoms with E-state index in [0.717, 1.165) is 47.7 Å². The molecule has 0 bridgehead atoms. The third-order valence-corrected chi connectivity index (χ3v) is 5.65. The van der Waals surface area contributed by atoms with E-state index in [0.29, 0.717) is 23.0 Å². The lowest BCUT2D eigenvalue weighted by Gasteiger charge is -2.17. The van der Waals surface area contributed by atoms with Crippen molar-refractivity contribution < 1.29 is 5.11 Å². The number of aromatic hydroxyl groups is 1. The van der Waals surface area contributed by atoms with Gasteiger partial charge in [0.25, 0.3) is 0 Å². The van der Waals surface area contributed by atoms with Crippen LogP contribution in [-0.2, 0) is 0 Å². The number of imidazole rings is 1. The van der Waals surface area contributed by atoms with E-state index in [1.807, 2.05) is 49.8 Å². The fourth-order valence-corrected chi connectivity index (χ4v) is 3.99. The zero-order valence-electron chi connectivity index (χ0n) is 16.7. The first-order valence-electron chi connectivity index (χ1n) is 9.78. The van der Waals surface area contributed by atoms with Gasteiger partial charge in [0.05, 0.1) is 23.0 Å². The molecule has 0 aliphatic carbocycles. The Labute approximate surface area is 168 Å². The summed E-state index contributed by atoms with van der Waals surface area (Å²) in [5.74, 6) is 1.57. The molecule has 0 amide bonds. The Morgan fingerprint density at radius 3 is 2.76 bits per heavy atom. The van der Waals surface area contributed by atoms with E-state index >= 15 is 0 Å². The van der Waals surface area contributed by atoms with Gasteiger partial charge in [-0.05, 0) is 39.4 Å². The monoisotopic (exact) mass is 389 g/mol. The van der Waals surface area contributed by atoms with Crippen molar-refractivity contribution in [3.8, 4) is 17.1 Å². The molecule has 8 nitrogen and oxygen atoms in total. The average Bonchev–Trinajstić information content (AvgIpc) is 3.36. The van der Waals surface area contributed by atoms with E-state index in [1.165, 1.54) is 0 Å². The number of aryl methyl sites for hydroxylation is 2. The minimum absolute atomic E-state index is 0.155. The van der Waals surface area contributed by atoms with Gasteiger partial charge in [0.2, 0.25) is 0 Å². The van der Waals surface area contributed by atoms with Crippen molar-refractivity contribution in [2.45, 2.75) is 26.3 Å². The second-order valence-electron chi connectivity index (χ2n) is 7.62. The number of hydrogen-bond acceptors (Lipinski definition) is 7. The van der Waals surface area contributed by atoms with Crippen LogP contribution in [-0.4, -0.2) is 55.6 Å². The highest BCUT2D eigenvalue weighted by Gasteiger charge is 2.22. The third kappa shape index (κ3) is 2.96. The van der Waals surface area contributed by atoms with Gasteiger partial charge in [-0.15, -0.1) is 0 Å². The molecule has 148 valence electrons. The number of anilines is 1. The number of nitrogens with one attached hydrogen (secondary N) is 1. The van der Waals surface area contributed by atoms with Crippen molar-refractivity contribution in [2.75, 3.05) is 25.0 Å². The molecule has 5 heterocycles. The Bertz CT molecular complexity index is 1230. The number of rotatable bonds is 3. The first-order chi connectivity index (χ1) is 14.0. The SMILES string of the molecule is CNC1CCN(c2ccc3nc(-c4cn5cc(C)nc5c(C)c4O)ncc3n2)C1. The normalized spacial score (nSPS) is 16.9. The van der Waals surface area contributed by atoms with Crippen molar-refractivity contribution in [2.24, 2.45) is 0 Å². The number of aromatic nitrogens is 5. The highest BCUT2D eigenvalue weighted by Crippen LogP contribution is 2.33. The van der Waals surface area contributed by atoms with Gasteiger partial charge in [-0.3, -0.25) is 0 Å². The van der Waals surface area contributed by atoms with Gasteiger partial charge in [-0.1, -0.05) is 0 Å². The zero-order valence-corrected chi connectivity index (χ0v) is 16.7. The summed E-state index contributed by atoms with van der Waals surface area (Å²) in [5, 5.41) is 14.0. The van der Waals surface area contributed by atoms with Crippen LogP contribution < -0.4 is 10.2 Å². The number of pyridine rings is 2. The van der Waals surface area contributed by atoms with Crippen LogP contribution >= 0.6 is 0 Å². The Kier molecular flexibility index (Phi) is 4.09. The van der Waals surface area contributed by atoms with Crippen LogP contribution in [0.3, 0.4) is 0 Å². The van der Waals surface area contributed by atoms with E-state index in [2.05, 4.69) is 25.2 Å². The first kappa shape index (κ1) is 17.8. The molecule has 8 heteroatoms. The Balaban J connectivity index is 1.54. The lowest BCUT2D eigenvalue weighted by Crippen LogP contribution is -2.29. The molecule has 0 spiro atoms. The van der Waals surface area contributed by atoms with Gasteiger partial charge in [0.1, 0.15) is 22.7 Å². The lowest BCUT2D eigenvalue weighted by molar-refractivity contribution is 0.472. The van der Waals surface area contributed by atoms with Gasteiger partial charge >= 0.3 is 0 Å². The molecule has 1 unspecified atom stereocenters. The fourth-order valence-electron chi connectivity index (χ4n) is 3.99. The van der Waals surface area contributed by atoms with Crippen molar-refractivity contribution in [1.82, 2.24) is 29.7 Å². The molecule has 4 aromatic rings. The highest BCUT2D eigenvalue weighted by atomic mass is 16.3. The van der Waals surface area contributed by atoms with Gasteiger partial charge in [-0.25, -0.2) is 19.9 Å². The van der Waals surface area contributed by atoms with Crippen molar-refractivity contribution in [3.05, 3.63) is 42.0 Å². The first-order valence-corrected chi connectivity index (χ1v) is 9.78. The molecule has 29 heavy (non-hydrogen) atoms. The summed E-state index contributed by atoms with van der Waals surface area (Å²) in [6, 6.07) is 4.48. The van der Waals surface area contributed by atoms with Crippen LogP contribution in [0, 0.1) is 13.8 Å². The number of nitrogens with zero attached hydrogens (tertiary/aromatic N) is 6. The summed E-state index contributed by atoms with van der Waals surface area (Å²) in [5.41, 5.74) is 4.41. The molecule has 1 fully saturated rings. The zero-order chi connectivity index (χ0) is 20.1. The maximum Gasteiger partial charge on any atom is 0.165 e. The fraction of sp³-hybridized carbons (Fsp3) is 0.333. The standard InChI is InChI=1S/C21H23N7O/c1-12-9-28-11-15(19(29)13(2)21(28)24-12)20-23-8-17-16(26-20)4-5-18(25-17)27-7-6-14(10-27)22-3/h4-5,8-9,11,14,22,29H,6-7,10H2,1-3H3. The smallest absolute Gasteiger partial charge is 0.165 e. The molecular weight excluding hydrogens is 366 g/mol. The Morgan fingerprint density at radius 2 is 1.97 bits per heavy atom. The number of likely N-dealkylation sites (N-methyl/N-ethyl adjacent to an activating group) is 1.